The van der Waals surface area contributed by atoms with E-state index in [-0.39, 0.29) is 24.1 Å². The number of sulfonamides is 1. The monoisotopic (exact) mass is 446 g/mol. The van der Waals surface area contributed by atoms with Crippen molar-refractivity contribution in [2.24, 2.45) is 11.8 Å². The highest BCUT2D eigenvalue weighted by molar-refractivity contribution is 7.89. The molecule has 0 bridgehead atoms. The minimum absolute atomic E-state index is 0.221. The third-order valence-electron chi connectivity index (χ3n) is 5.19. The molecule has 0 heterocycles. The molecule has 6 nitrogen and oxygen atoms in total. The fourth-order valence-corrected chi connectivity index (χ4v) is 4.66. The van der Waals surface area contributed by atoms with Crippen molar-refractivity contribution < 1.29 is 22.4 Å². The van der Waals surface area contributed by atoms with Gasteiger partial charge in [0.2, 0.25) is 21.8 Å². The molecule has 1 fully saturated rings. The van der Waals surface area contributed by atoms with Gasteiger partial charge in [0.25, 0.3) is 0 Å². The smallest absolute Gasteiger partial charge is 0.246 e. The van der Waals surface area contributed by atoms with Crippen molar-refractivity contribution in [3.8, 4) is 0 Å². The summed E-state index contributed by atoms with van der Waals surface area (Å²) in [5.41, 5.74) is 1.00. The molecule has 31 heavy (non-hydrogen) atoms. The molecule has 1 saturated carbocycles. The molecular formula is C23H27FN2O4S. The molecular weight excluding hydrogens is 419 g/mol. The summed E-state index contributed by atoms with van der Waals surface area (Å²) in [4.78, 5) is 27.8. The number of carbonyl (C=O) groups excluding carboxylic acids is 2. The number of nitrogens with zero attached hydrogens (tertiary/aromatic N) is 1. The molecule has 0 aromatic heterocycles. The summed E-state index contributed by atoms with van der Waals surface area (Å²) in [6.07, 6.45) is 2.11. The number of carbonyl (C=O) groups is 2. The molecule has 8 heteroatoms. The first-order valence-electron chi connectivity index (χ1n) is 10.3. The second-order valence-electron chi connectivity index (χ2n) is 8.22. The minimum Gasteiger partial charge on any atom is -0.309 e. The van der Waals surface area contributed by atoms with Crippen molar-refractivity contribution in [3.63, 3.8) is 0 Å². The maximum atomic E-state index is 13.4. The van der Waals surface area contributed by atoms with Crippen LogP contribution in [0.3, 0.4) is 0 Å². The van der Waals surface area contributed by atoms with E-state index in [0.717, 1.165) is 12.8 Å². The minimum atomic E-state index is -3.96. The van der Waals surface area contributed by atoms with Gasteiger partial charge in [0.15, 0.2) is 0 Å². The largest absolute Gasteiger partial charge is 0.309 e. The second kappa shape index (κ2) is 9.60. The molecule has 1 aliphatic rings. The maximum absolute atomic E-state index is 13.4. The number of hydrogen-bond donors (Lipinski definition) is 1. The fraction of sp³-hybridized carbons (Fsp3) is 0.391. The van der Waals surface area contributed by atoms with Gasteiger partial charge in [-0.05, 0) is 56.0 Å². The zero-order valence-corrected chi connectivity index (χ0v) is 18.4. The average molecular weight is 447 g/mol. The number of amides is 2. The third kappa shape index (κ3) is 6.37. The number of benzene rings is 2. The first kappa shape index (κ1) is 22.9. The van der Waals surface area contributed by atoms with Crippen molar-refractivity contribution in [1.29, 1.82) is 0 Å². The van der Waals surface area contributed by atoms with Crippen LogP contribution in [-0.4, -0.2) is 26.3 Å². The lowest BCUT2D eigenvalue weighted by molar-refractivity contribution is -0.133. The summed E-state index contributed by atoms with van der Waals surface area (Å²) in [5.74, 6) is -3.00. The Morgan fingerprint density at radius 3 is 2.23 bits per heavy atom. The number of anilines is 1. The van der Waals surface area contributed by atoms with Crippen LogP contribution in [0.4, 0.5) is 10.1 Å². The van der Waals surface area contributed by atoms with Gasteiger partial charge < -0.3 is 4.90 Å². The predicted molar refractivity (Wildman–Crippen MR) is 117 cm³/mol. The zero-order chi connectivity index (χ0) is 22.6. The van der Waals surface area contributed by atoms with Gasteiger partial charge in [-0.2, -0.15) is 0 Å². The van der Waals surface area contributed by atoms with Gasteiger partial charge in [-0.25, -0.2) is 12.8 Å². The highest BCUT2D eigenvalue weighted by Gasteiger charge is 2.38. The highest BCUT2D eigenvalue weighted by atomic mass is 32.2. The van der Waals surface area contributed by atoms with Crippen LogP contribution in [0, 0.1) is 17.7 Å². The zero-order valence-electron chi connectivity index (χ0n) is 17.6. The van der Waals surface area contributed by atoms with Crippen molar-refractivity contribution in [2.75, 3.05) is 4.90 Å². The van der Waals surface area contributed by atoms with E-state index in [9.17, 15) is 22.4 Å². The molecule has 0 spiro atoms. The van der Waals surface area contributed by atoms with Gasteiger partial charge in [0, 0.05) is 11.7 Å². The highest BCUT2D eigenvalue weighted by Crippen LogP contribution is 2.36. The predicted octanol–water partition coefficient (Wildman–Crippen LogP) is 3.63. The summed E-state index contributed by atoms with van der Waals surface area (Å²) in [5, 5.41) is 0. The number of halogens is 1. The molecule has 1 unspecified atom stereocenters. The van der Waals surface area contributed by atoms with Crippen LogP contribution in [-0.2, 0) is 25.4 Å². The Labute approximate surface area is 182 Å². The lowest BCUT2D eigenvalue weighted by atomic mass is 9.98. The summed E-state index contributed by atoms with van der Waals surface area (Å²) < 4.78 is 40.6. The Balaban J connectivity index is 1.81. The molecule has 2 amide bonds. The Bertz CT molecular complexity index is 1020. The van der Waals surface area contributed by atoms with E-state index < -0.39 is 33.6 Å². The van der Waals surface area contributed by atoms with Crippen LogP contribution in [0.1, 0.15) is 38.7 Å². The lowest BCUT2D eigenvalue weighted by Gasteiger charge is -2.30. The number of rotatable bonds is 9. The molecule has 0 radical (unpaired) electrons. The summed E-state index contributed by atoms with van der Waals surface area (Å²) >= 11 is 0. The van der Waals surface area contributed by atoms with E-state index >= 15 is 0 Å². The molecule has 3 rings (SSSR count). The van der Waals surface area contributed by atoms with Crippen LogP contribution in [0.15, 0.2) is 54.6 Å². The molecule has 1 N–H and O–H groups in total. The van der Waals surface area contributed by atoms with E-state index in [1.54, 1.807) is 44.2 Å². The van der Waals surface area contributed by atoms with Crippen molar-refractivity contribution in [2.45, 2.75) is 44.9 Å². The topological polar surface area (TPSA) is 83.6 Å². The maximum Gasteiger partial charge on any atom is 0.246 e. The SMILES string of the molecule is CC(C)N(C(=O)C(CC1CC1)C(=O)NS(=O)(=O)Cc1ccccc1)c1ccc(F)cc1. The molecule has 0 saturated heterocycles. The van der Waals surface area contributed by atoms with Gasteiger partial charge in [-0.3, -0.25) is 14.3 Å². The van der Waals surface area contributed by atoms with Crippen LogP contribution < -0.4 is 9.62 Å². The fourth-order valence-electron chi connectivity index (χ4n) is 3.51. The van der Waals surface area contributed by atoms with E-state index in [4.69, 9.17) is 0 Å². The standard InChI is InChI=1S/C23H27FN2O4S/c1-16(2)26(20-12-10-19(24)11-13-20)23(28)21(14-17-8-9-17)22(27)25-31(29,30)15-18-6-4-3-5-7-18/h3-7,10-13,16-17,21H,8-9,14-15H2,1-2H3,(H,25,27). The summed E-state index contributed by atoms with van der Waals surface area (Å²) in [6.45, 7) is 3.58. The molecule has 2 aromatic rings. The van der Waals surface area contributed by atoms with Gasteiger partial charge in [-0.15, -0.1) is 0 Å². The quantitative estimate of drug-likeness (QED) is 0.596. The van der Waals surface area contributed by atoms with Crippen LogP contribution in [0.25, 0.3) is 0 Å². The molecule has 1 aliphatic carbocycles. The third-order valence-corrected chi connectivity index (χ3v) is 6.42. The van der Waals surface area contributed by atoms with Gasteiger partial charge in [-0.1, -0.05) is 43.2 Å². The van der Waals surface area contributed by atoms with E-state index in [0.29, 0.717) is 11.3 Å². The Hall–Kier alpha value is -2.74. The van der Waals surface area contributed by atoms with Crippen molar-refractivity contribution >= 4 is 27.5 Å². The van der Waals surface area contributed by atoms with Crippen LogP contribution in [0.2, 0.25) is 0 Å². The van der Waals surface area contributed by atoms with Crippen LogP contribution in [0.5, 0.6) is 0 Å². The Morgan fingerprint density at radius 1 is 1.06 bits per heavy atom. The lowest BCUT2D eigenvalue weighted by Crippen LogP contribution is -2.48. The van der Waals surface area contributed by atoms with Gasteiger partial charge in [0.05, 0.1) is 5.75 Å². The molecule has 166 valence electrons. The van der Waals surface area contributed by atoms with Crippen LogP contribution >= 0.6 is 0 Å². The van der Waals surface area contributed by atoms with E-state index in [1.807, 2.05) is 0 Å². The second-order valence-corrected chi connectivity index (χ2v) is 9.94. The van der Waals surface area contributed by atoms with Crippen molar-refractivity contribution in [1.82, 2.24) is 4.72 Å². The summed E-state index contributed by atoms with van der Waals surface area (Å²) in [7, 11) is -3.96. The first-order valence-corrected chi connectivity index (χ1v) is 12.0. The number of nitrogens with one attached hydrogen (secondary N) is 1. The van der Waals surface area contributed by atoms with E-state index in [1.165, 1.54) is 29.2 Å². The summed E-state index contributed by atoms with van der Waals surface area (Å²) in [6, 6.07) is 13.7. The Kier molecular flexibility index (Phi) is 7.10. The molecule has 0 aliphatic heterocycles. The van der Waals surface area contributed by atoms with Gasteiger partial charge >= 0.3 is 0 Å². The first-order chi connectivity index (χ1) is 14.7. The Morgan fingerprint density at radius 2 is 1.68 bits per heavy atom. The average Bonchev–Trinajstić information content (AvgIpc) is 3.51. The number of hydrogen-bond acceptors (Lipinski definition) is 4. The normalized spacial score (nSPS) is 14.8. The van der Waals surface area contributed by atoms with E-state index in [2.05, 4.69) is 4.72 Å². The van der Waals surface area contributed by atoms with Crippen molar-refractivity contribution in [3.05, 3.63) is 66.0 Å². The molecule has 1 atom stereocenters. The van der Waals surface area contributed by atoms with Gasteiger partial charge in [0.1, 0.15) is 11.7 Å². The molecule has 2 aromatic carbocycles.